The second kappa shape index (κ2) is 5.58. The van der Waals surface area contributed by atoms with Crippen LogP contribution < -0.4 is 10.9 Å². The van der Waals surface area contributed by atoms with Crippen LogP contribution in [0.1, 0.15) is 16.1 Å². The summed E-state index contributed by atoms with van der Waals surface area (Å²) in [6.45, 7) is 3.82. The average Bonchev–Trinajstić information content (AvgIpc) is 2.46. The van der Waals surface area contributed by atoms with Crippen molar-refractivity contribution in [2.24, 2.45) is 0 Å². The fourth-order valence-electron chi connectivity index (χ4n) is 1.32. The molecule has 2 N–H and O–H groups in total. The zero-order chi connectivity index (χ0) is 12.8. The van der Waals surface area contributed by atoms with Crippen LogP contribution in [0.3, 0.4) is 0 Å². The van der Waals surface area contributed by atoms with Gasteiger partial charge in [-0.3, -0.25) is 25.6 Å². The smallest absolute Gasteiger partial charge is 0.288 e. The first-order valence-electron chi connectivity index (χ1n) is 5.34. The summed E-state index contributed by atoms with van der Waals surface area (Å²) in [5.74, 6) is -0.314. The fraction of sp³-hybridized carbons (Fsp3) is 0. The number of carbonyl (C=O) groups excluding carboxylic acids is 1. The fourth-order valence-corrected chi connectivity index (χ4v) is 1.32. The first kappa shape index (κ1) is 11.8. The minimum absolute atomic E-state index is 0.314. The van der Waals surface area contributed by atoms with Gasteiger partial charge in [0.05, 0.1) is 5.70 Å². The molecule has 90 valence electrons. The maximum absolute atomic E-state index is 11.7. The molecule has 0 fully saturated rings. The van der Waals surface area contributed by atoms with Crippen molar-refractivity contribution in [3.8, 4) is 0 Å². The van der Waals surface area contributed by atoms with E-state index in [1.165, 1.54) is 0 Å². The molecule has 0 saturated carbocycles. The van der Waals surface area contributed by atoms with Crippen molar-refractivity contribution in [2.45, 2.75) is 0 Å². The maximum atomic E-state index is 11.7. The predicted octanol–water partition coefficient (Wildman–Crippen LogP) is 1.38. The van der Waals surface area contributed by atoms with Gasteiger partial charge in [-0.05, 0) is 24.3 Å². The lowest BCUT2D eigenvalue weighted by molar-refractivity contribution is 0.0937. The van der Waals surface area contributed by atoms with E-state index < -0.39 is 0 Å². The quantitative estimate of drug-likeness (QED) is 0.792. The van der Waals surface area contributed by atoms with Gasteiger partial charge in [0.2, 0.25) is 0 Å². The van der Waals surface area contributed by atoms with E-state index in [1.54, 1.807) is 48.9 Å². The second-order valence-corrected chi connectivity index (χ2v) is 3.51. The summed E-state index contributed by atoms with van der Waals surface area (Å²) in [7, 11) is 0. The Kier molecular flexibility index (Phi) is 3.66. The molecule has 0 radical (unpaired) electrons. The van der Waals surface area contributed by atoms with Gasteiger partial charge in [-0.2, -0.15) is 0 Å². The molecule has 0 aliphatic rings. The van der Waals surface area contributed by atoms with Gasteiger partial charge in [-0.25, -0.2) is 0 Å². The van der Waals surface area contributed by atoms with Crippen molar-refractivity contribution in [3.63, 3.8) is 0 Å². The Bertz CT molecular complexity index is 488. The van der Waals surface area contributed by atoms with E-state index in [1.807, 2.05) is 0 Å². The highest BCUT2D eigenvalue weighted by Crippen LogP contribution is 2.05. The van der Waals surface area contributed by atoms with Crippen LogP contribution in [-0.2, 0) is 0 Å². The van der Waals surface area contributed by atoms with E-state index in [-0.39, 0.29) is 5.91 Å². The molecule has 0 aliphatic carbocycles. The third-order valence-corrected chi connectivity index (χ3v) is 2.25. The molecule has 0 bridgehead atoms. The lowest BCUT2D eigenvalue weighted by atomic mass is 10.2. The van der Waals surface area contributed by atoms with E-state index in [0.29, 0.717) is 11.4 Å². The molecule has 1 amide bonds. The summed E-state index contributed by atoms with van der Waals surface area (Å²) >= 11 is 0. The van der Waals surface area contributed by atoms with Gasteiger partial charge in [0.15, 0.2) is 0 Å². The molecule has 0 aromatic carbocycles. The van der Waals surface area contributed by atoms with Crippen LogP contribution in [0.2, 0.25) is 0 Å². The molecule has 0 aliphatic heterocycles. The first-order chi connectivity index (χ1) is 8.77. The van der Waals surface area contributed by atoms with Crippen molar-refractivity contribution in [2.75, 3.05) is 0 Å². The second-order valence-electron chi connectivity index (χ2n) is 3.51. The van der Waals surface area contributed by atoms with Crippen molar-refractivity contribution in [1.29, 1.82) is 0 Å². The monoisotopic (exact) mass is 240 g/mol. The predicted molar refractivity (Wildman–Crippen MR) is 68.1 cm³/mol. The minimum atomic E-state index is -0.314. The number of hydrogen-bond donors (Lipinski definition) is 2. The molecule has 2 aromatic rings. The van der Waals surface area contributed by atoms with E-state index in [2.05, 4.69) is 27.4 Å². The minimum Gasteiger partial charge on any atom is -0.298 e. The number of nitrogens with one attached hydrogen (secondary N) is 2. The summed E-state index contributed by atoms with van der Waals surface area (Å²) in [6.07, 6.45) is 4.87. The zero-order valence-corrected chi connectivity index (χ0v) is 9.63. The number of pyridine rings is 2. The van der Waals surface area contributed by atoms with E-state index in [9.17, 15) is 4.79 Å². The molecule has 5 nitrogen and oxygen atoms in total. The van der Waals surface area contributed by atoms with Crippen LogP contribution in [0.4, 0.5) is 0 Å². The van der Waals surface area contributed by atoms with Gasteiger partial charge in [0.25, 0.3) is 5.91 Å². The van der Waals surface area contributed by atoms with Gasteiger partial charge in [0.1, 0.15) is 5.69 Å². The summed E-state index contributed by atoms with van der Waals surface area (Å²) < 4.78 is 0. The van der Waals surface area contributed by atoms with Crippen molar-refractivity contribution in [3.05, 3.63) is 66.8 Å². The molecular weight excluding hydrogens is 228 g/mol. The Hall–Kier alpha value is -2.69. The summed E-state index contributed by atoms with van der Waals surface area (Å²) in [5, 5.41) is 0. The summed E-state index contributed by atoms with van der Waals surface area (Å²) in [5.41, 5.74) is 7.04. The average molecular weight is 240 g/mol. The highest BCUT2D eigenvalue weighted by atomic mass is 16.2. The Morgan fingerprint density at radius 1 is 1.06 bits per heavy atom. The van der Waals surface area contributed by atoms with Crippen LogP contribution >= 0.6 is 0 Å². The number of hydrogen-bond acceptors (Lipinski definition) is 4. The molecule has 2 rings (SSSR count). The van der Waals surface area contributed by atoms with Crippen molar-refractivity contribution in [1.82, 2.24) is 20.8 Å². The van der Waals surface area contributed by atoms with E-state index in [0.717, 1.165) is 5.56 Å². The molecule has 18 heavy (non-hydrogen) atoms. The third kappa shape index (κ3) is 2.91. The van der Waals surface area contributed by atoms with Crippen molar-refractivity contribution < 1.29 is 4.79 Å². The van der Waals surface area contributed by atoms with Gasteiger partial charge in [-0.15, -0.1) is 0 Å². The van der Waals surface area contributed by atoms with Gasteiger partial charge >= 0.3 is 0 Å². The van der Waals surface area contributed by atoms with Gasteiger partial charge in [0, 0.05) is 24.2 Å². The normalized spacial score (nSPS) is 9.56. The van der Waals surface area contributed by atoms with E-state index >= 15 is 0 Å². The van der Waals surface area contributed by atoms with Gasteiger partial charge in [-0.1, -0.05) is 12.6 Å². The lowest BCUT2D eigenvalue weighted by Crippen LogP contribution is -2.36. The van der Waals surface area contributed by atoms with Crippen molar-refractivity contribution >= 4 is 11.6 Å². The third-order valence-electron chi connectivity index (χ3n) is 2.25. The molecular formula is C13H12N4O. The SMILES string of the molecule is C=C(NNC(=O)c1ccccn1)c1ccncc1. The number of amides is 1. The number of rotatable bonds is 4. The van der Waals surface area contributed by atoms with Crippen LogP contribution in [0.5, 0.6) is 0 Å². The Labute approximate surface area is 105 Å². The molecule has 0 saturated heterocycles. The van der Waals surface area contributed by atoms with Gasteiger partial charge < -0.3 is 0 Å². The highest BCUT2D eigenvalue weighted by molar-refractivity contribution is 5.92. The Balaban J connectivity index is 1.93. The topological polar surface area (TPSA) is 66.9 Å². The first-order valence-corrected chi connectivity index (χ1v) is 5.34. The standard InChI is InChI=1S/C13H12N4O/c1-10(11-5-8-14-9-6-11)16-17-13(18)12-4-2-3-7-15-12/h2-9,16H,1H2,(H,17,18). The van der Waals surface area contributed by atoms with Crippen LogP contribution in [0.25, 0.3) is 5.70 Å². The number of hydrazine groups is 1. The number of nitrogens with zero attached hydrogens (tertiary/aromatic N) is 2. The summed E-state index contributed by atoms with van der Waals surface area (Å²) in [4.78, 5) is 19.5. The molecule has 5 heteroatoms. The van der Waals surface area contributed by atoms with Crippen LogP contribution in [0.15, 0.2) is 55.5 Å². The van der Waals surface area contributed by atoms with E-state index in [4.69, 9.17) is 0 Å². The number of aromatic nitrogens is 2. The largest absolute Gasteiger partial charge is 0.298 e. The van der Waals surface area contributed by atoms with Crippen LogP contribution in [-0.4, -0.2) is 15.9 Å². The molecule has 2 heterocycles. The zero-order valence-electron chi connectivity index (χ0n) is 9.63. The molecule has 0 spiro atoms. The summed E-state index contributed by atoms with van der Waals surface area (Å²) in [6, 6.07) is 8.72. The maximum Gasteiger partial charge on any atom is 0.288 e. The van der Waals surface area contributed by atoms with Crippen LogP contribution in [0, 0.1) is 0 Å². The highest BCUT2D eigenvalue weighted by Gasteiger charge is 2.05. The lowest BCUT2D eigenvalue weighted by Gasteiger charge is -2.10. The molecule has 0 unspecified atom stereocenters. The molecule has 0 atom stereocenters. The number of carbonyl (C=O) groups is 1. The Morgan fingerprint density at radius 3 is 2.50 bits per heavy atom. The Morgan fingerprint density at radius 2 is 1.83 bits per heavy atom. The molecule has 2 aromatic heterocycles.